The smallest absolute Gasteiger partial charge is 0.254 e. The second kappa shape index (κ2) is 6.64. The van der Waals surface area contributed by atoms with E-state index in [1.807, 2.05) is 12.1 Å². The first kappa shape index (κ1) is 16.3. The van der Waals surface area contributed by atoms with Crippen molar-refractivity contribution < 1.29 is 9.59 Å². The van der Waals surface area contributed by atoms with Crippen LogP contribution in [0.15, 0.2) is 36.5 Å². The van der Waals surface area contributed by atoms with Gasteiger partial charge >= 0.3 is 0 Å². The highest BCUT2D eigenvalue weighted by atomic mass is 16.2. The molecule has 0 radical (unpaired) electrons. The topological polar surface area (TPSA) is 91.0 Å². The van der Waals surface area contributed by atoms with E-state index in [0.29, 0.717) is 17.7 Å². The summed E-state index contributed by atoms with van der Waals surface area (Å²) < 4.78 is 1.71. The Kier molecular flexibility index (Phi) is 4.17. The summed E-state index contributed by atoms with van der Waals surface area (Å²) in [5, 5.41) is 16.4. The second-order valence-corrected chi connectivity index (χ2v) is 6.80. The lowest BCUT2D eigenvalue weighted by Crippen LogP contribution is -2.50. The van der Waals surface area contributed by atoms with Gasteiger partial charge in [-0.15, -0.1) is 0 Å². The molecule has 2 heterocycles. The number of nitriles is 1. The zero-order valence-electron chi connectivity index (χ0n) is 14.3. The average Bonchev–Trinajstić information content (AvgIpc) is 3.11. The van der Waals surface area contributed by atoms with Crippen LogP contribution in [0.1, 0.15) is 46.9 Å². The first-order valence-corrected chi connectivity index (χ1v) is 8.78. The monoisotopic (exact) mass is 349 g/mol. The van der Waals surface area contributed by atoms with E-state index in [1.165, 1.54) is 0 Å². The lowest BCUT2D eigenvalue weighted by molar-refractivity contribution is -0.126. The van der Waals surface area contributed by atoms with Crippen molar-refractivity contribution in [3.05, 3.63) is 53.3 Å². The van der Waals surface area contributed by atoms with E-state index in [0.717, 1.165) is 25.0 Å². The number of benzene rings is 1. The van der Waals surface area contributed by atoms with Crippen molar-refractivity contribution in [3.8, 4) is 6.07 Å². The van der Waals surface area contributed by atoms with Crippen LogP contribution in [-0.4, -0.2) is 39.1 Å². The molecule has 0 bridgehead atoms. The number of rotatable bonds is 3. The summed E-state index contributed by atoms with van der Waals surface area (Å²) in [6, 6.07) is 10.2. The number of carbonyl (C=O) groups excluding carboxylic acids is 2. The van der Waals surface area contributed by atoms with Gasteiger partial charge in [-0.3, -0.25) is 14.3 Å². The number of hydrogen-bond acceptors (Lipinski definition) is 4. The van der Waals surface area contributed by atoms with E-state index < -0.39 is 6.04 Å². The average molecular weight is 349 g/mol. The predicted octanol–water partition coefficient (Wildman–Crippen LogP) is 1.62. The van der Waals surface area contributed by atoms with Crippen LogP contribution in [0.25, 0.3) is 0 Å². The highest BCUT2D eigenvalue weighted by Crippen LogP contribution is 2.24. The fourth-order valence-corrected chi connectivity index (χ4v) is 3.40. The maximum Gasteiger partial charge on any atom is 0.254 e. The Morgan fingerprint density at radius 1 is 1.27 bits per heavy atom. The Bertz CT molecular complexity index is 893. The maximum absolute atomic E-state index is 12.9. The van der Waals surface area contributed by atoms with Crippen molar-refractivity contribution in [2.45, 2.75) is 37.9 Å². The van der Waals surface area contributed by atoms with E-state index in [1.54, 1.807) is 40.0 Å². The summed E-state index contributed by atoms with van der Waals surface area (Å²) in [7, 11) is 0. The molecule has 0 saturated heterocycles. The van der Waals surface area contributed by atoms with Crippen molar-refractivity contribution in [2.24, 2.45) is 0 Å². The Labute approximate surface area is 151 Å². The fourth-order valence-electron chi connectivity index (χ4n) is 3.40. The lowest BCUT2D eigenvalue weighted by Gasteiger charge is -2.35. The lowest BCUT2D eigenvalue weighted by atomic mass is 9.93. The van der Waals surface area contributed by atoms with Gasteiger partial charge in [0.15, 0.2) is 0 Å². The standard InChI is InChI=1S/C19H19N5O2/c20-10-13-3-1-4-14(9-13)19(26)23-11-16-7-8-21-24(16)17(12-23)18(25)22-15-5-2-6-15/h1,3-4,7-9,15,17H,2,5-6,11-12H2,(H,22,25)/t17-/m1/s1. The molecule has 1 saturated carbocycles. The molecule has 1 aliphatic heterocycles. The van der Waals surface area contributed by atoms with E-state index in [9.17, 15) is 9.59 Å². The van der Waals surface area contributed by atoms with Crippen LogP contribution in [0, 0.1) is 11.3 Å². The molecule has 1 atom stereocenters. The van der Waals surface area contributed by atoms with Gasteiger partial charge < -0.3 is 10.2 Å². The van der Waals surface area contributed by atoms with Crippen LogP contribution in [0.5, 0.6) is 0 Å². The van der Waals surface area contributed by atoms with E-state index >= 15 is 0 Å². The number of carbonyl (C=O) groups is 2. The predicted molar refractivity (Wildman–Crippen MR) is 92.9 cm³/mol. The van der Waals surface area contributed by atoms with Crippen molar-refractivity contribution in [1.82, 2.24) is 20.0 Å². The van der Waals surface area contributed by atoms with E-state index in [4.69, 9.17) is 5.26 Å². The largest absolute Gasteiger partial charge is 0.351 e. The SMILES string of the molecule is N#Cc1cccc(C(=O)N2Cc3ccnn3[C@@H](C(=O)NC3CCC3)C2)c1. The van der Waals surface area contributed by atoms with Gasteiger partial charge in [0.25, 0.3) is 5.91 Å². The van der Waals surface area contributed by atoms with Gasteiger partial charge in [-0.2, -0.15) is 10.4 Å². The van der Waals surface area contributed by atoms with Crippen LogP contribution >= 0.6 is 0 Å². The summed E-state index contributed by atoms with van der Waals surface area (Å²) >= 11 is 0. The minimum absolute atomic E-state index is 0.0945. The van der Waals surface area contributed by atoms with Crippen molar-refractivity contribution in [2.75, 3.05) is 6.54 Å². The van der Waals surface area contributed by atoms with Gasteiger partial charge in [-0.05, 0) is 43.5 Å². The van der Waals surface area contributed by atoms with Gasteiger partial charge in [0.05, 0.1) is 30.4 Å². The molecule has 1 fully saturated rings. The molecule has 0 unspecified atom stereocenters. The number of aromatic nitrogens is 2. The maximum atomic E-state index is 12.9. The Balaban J connectivity index is 1.57. The molecule has 132 valence electrons. The molecule has 1 aromatic heterocycles. The number of nitrogens with one attached hydrogen (secondary N) is 1. The first-order chi connectivity index (χ1) is 12.7. The van der Waals surface area contributed by atoms with Crippen molar-refractivity contribution >= 4 is 11.8 Å². The van der Waals surface area contributed by atoms with Crippen LogP contribution in [-0.2, 0) is 11.3 Å². The molecule has 26 heavy (non-hydrogen) atoms. The van der Waals surface area contributed by atoms with Gasteiger partial charge in [-0.1, -0.05) is 6.07 Å². The summed E-state index contributed by atoms with van der Waals surface area (Å²) in [6.07, 6.45) is 4.81. The molecule has 4 rings (SSSR count). The highest BCUT2D eigenvalue weighted by molar-refractivity contribution is 5.95. The number of nitrogens with zero attached hydrogens (tertiary/aromatic N) is 4. The summed E-state index contributed by atoms with van der Waals surface area (Å²) in [5.74, 6) is -0.279. The molecule has 1 aromatic carbocycles. The van der Waals surface area contributed by atoms with Crippen molar-refractivity contribution in [3.63, 3.8) is 0 Å². The number of fused-ring (bicyclic) bond motifs is 1. The molecule has 2 aromatic rings. The Morgan fingerprint density at radius 2 is 2.12 bits per heavy atom. The molecule has 0 spiro atoms. The minimum atomic E-state index is -0.530. The Hall–Kier alpha value is -3.14. The highest BCUT2D eigenvalue weighted by Gasteiger charge is 2.34. The van der Waals surface area contributed by atoms with Crippen molar-refractivity contribution in [1.29, 1.82) is 5.26 Å². The molecule has 7 nitrogen and oxygen atoms in total. The summed E-state index contributed by atoms with van der Waals surface area (Å²) in [4.78, 5) is 27.3. The zero-order chi connectivity index (χ0) is 18.1. The van der Waals surface area contributed by atoms with Gasteiger partial charge in [0, 0.05) is 17.8 Å². The summed E-state index contributed by atoms with van der Waals surface area (Å²) in [5.41, 5.74) is 1.72. The van der Waals surface area contributed by atoms with Crippen LogP contribution in [0.4, 0.5) is 0 Å². The minimum Gasteiger partial charge on any atom is -0.351 e. The summed E-state index contributed by atoms with van der Waals surface area (Å²) in [6.45, 7) is 0.658. The van der Waals surface area contributed by atoms with Gasteiger partial charge in [0.2, 0.25) is 5.91 Å². The Morgan fingerprint density at radius 3 is 2.85 bits per heavy atom. The number of amides is 2. The molecule has 7 heteroatoms. The van der Waals surface area contributed by atoms with Gasteiger partial charge in [0.1, 0.15) is 6.04 Å². The third-order valence-corrected chi connectivity index (χ3v) is 5.07. The molecule has 1 N–H and O–H groups in total. The third-order valence-electron chi connectivity index (χ3n) is 5.07. The second-order valence-electron chi connectivity index (χ2n) is 6.80. The van der Waals surface area contributed by atoms with Crippen LogP contribution in [0.2, 0.25) is 0 Å². The third kappa shape index (κ3) is 2.94. The molecule has 2 amide bonds. The molecule has 1 aliphatic carbocycles. The first-order valence-electron chi connectivity index (χ1n) is 8.78. The fraction of sp³-hybridized carbons (Fsp3) is 0.368. The van der Waals surface area contributed by atoms with Crippen LogP contribution in [0.3, 0.4) is 0 Å². The quantitative estimate of drug-likeness (QED) is 0.911. The molecular formula is C19H19N5O2. The normalized spacial score (nSPS) is 19.2. The number of hydrogen-bond donors (Lipinski definition) is 1. The molecular weight excluding hydrogens is 330 g/mol. The molecule has 2 aliphatic rings. The van der Waals surface area contributed by atoms with Gasteiger partial charge in [-0.25, -0.2) is 0 Å². The zero-order valence-corrected chi connectivity index (χ0v) is 14.3. The van der Waals surface area contributed by atoms with E-state index in [2.05, 4.69) is 10.4 Å². The van der Waals surface area contributed by atoms with E-state index in [-0.39, 0.29) is 24.4 Å². The van der Waals surface area contributed by atoms with Crippen LogP contribution < -0.4 is 5.32 Å².